The molecule has 0 saturated carbocycles. The molecule has 0 aliphatic heterocycles. The molecule has 3 aromatic carbocycles. The van der Waals surface area contributed by atoms with Crippen molar-refractivity contribution in [1.29, 1.82) is 0 Å². The van der Waals surface area contributed by atoms with Crippen molar-refractivity contribution >= 4 is 12.2 Å². The molecule has 2 unspecified atom stereocenters. The predicted molar refractivity (Wildman–Crippen MR) is 121 cm³/mol. The van der Waals surface area contributed by atoms with Crippen LogP contribution in [0.1, 0.15) is 17.7 Å². The third kappa shape index (κ3) is 7.53. The first-order valence-electron chi connectivity index (χ1n) is 10.2. The van der Waals surface area contributed by atoms with Gasteiger partial charge in [0.25, 0.3) is 6.47 Å². The van der Waals surface area contributed by atoms with Crippen LogP contribution in [0.15, 0.2) is 97.2 Å². The maximum absolute atomic E-state index is 11.3. The number of anilines is 1. The van der Waals surface area contributed by atoms with Crippen molar-refractivity contribution in [3.05, 3.63) is 108 Å². The number of ether oxygens (including phenoxy) is 1. The van der Waals surface area contributed by atoms with Gasteiger partial charge in [-0.25, -0.2) is 12.1 Å². The molecule has 0 amide bonds. The minimum Gasteiger partial charge on any atom is -0.748 e. The van der Waals surface area contributed by atoms with E-state index in [-0.39, 0.29) is 23.5 Å². The molecule has 0 aliphatic carbocycles. The standard InChI is InChI=1S/C20H22N3O3.C5H5.Fe/c24-15-26-20(16-6-4-5-7-16,12-18-10-11-22-23-18)13-19(25)14-21-17-8-2-1-3-9-17;1-2-4-5-3-1;/h1-11,15,19,21,25H,12-14H2,(H,22,23);1-5H;/q-1;-5;. The van der Waals surface area contributed by atoms with Crippen molar-refractivity contribution in [2.45, 2.75) is 24.5 Å². The van der Waals surface area contributed by atoms with E-state index in [9.17, 15) is 9.90 Å². The predicted octanol–water partition coefficient (Wildman–Crippen LogP) is 4.01. The van der Waals surface area contributed by atoms with E-state index in [0.29, 0.717) is 19.4 Å². The van der Waals surface area contributed by atoms with E-state index in [1.54, 1.807) is 6.20 Å². The summed E-state index contributed by atoms with van der Waals surface area (Å²) in [5, 5.41) is 20.7. The Morgan fingerprint density at radius 2 is 1.75 bits per heavy atom. The zero-order valence-corrected chi connectivity index (χ0v) is 18.7. The number of hydrogen-bond donors (Lipinski definition) is 3. The molecule has 6 nitrogen and oxygen atoms in total. The fourth-order valence-electron chi connectivity index (χ4n) is 3.48. The smallest absolute Gasteiger partial charge is 0.292 e. The van der Waals surface area contributed by atoms with E-state index in [1.165, 1.54) is 0 Å². The van der Waals surface area contributed by atoms with Gasteiger partial charge in [-0.3, -0.25) is 9.89 Å². The molecule has 0 radical (unpaired) electrons. The summed E-state index contributed by atoms with van der Waals surface area (Å²) in [6, 6.07) is 29.1. The fraction of sp³-hybridized carbons (Fsp3) is 0.200. The Labute approximate surface area is 198 Å². The average molecular weight is 473 g/mol. The van der Waals surface area contributed by atoms with E-state index in [4.69, 9.17) is 4.74 Å². The first-order valence-corrected chi connectivity index (χ1v) is 10.2. The normalized spacial score (nSPS) is 12.9. The summed E-state index contributed by atoms with van der Waals surface area (Å²) >= 11 is 0. The summed E-state index contributed by atoms with van der Waals surface area (Å²) in [6.07, 6.45) is 1.60. The first-order chi connectivity index (χ1) is 15.2. The number of carbonyl (C=O) groups excluding carboxylic acids is 1. The van der Waals surface area contributed by atoms with Gasteiger partial charge in [0.05, 0.1) is 6.10 Å². The van der Waals surface area contributed by atoms with Crippen LogP contribution in [0, 0.1) is 0 Å². The molecule has 32 heavy (non-hydrogen) atoms. The molecule has 174 valence electrons. The molecule has 0 aliphatic rings. The molecule has 1 heterocycles. The Morgan fingerprint density at radius 1 is 1.09 bits per heavy atom. The number of hydrogen-bond acceptors (Lipinski definition) is 5. The van der Waals surface area contributed by atoms with Crippen LogP contribution in [-0.4, -0.2) is 34.4 Å². The van der Waals surface area contributed by atoms with Gasteiger partial charge in [0.2, 0.25) is 0 Å². The van der Waals surface area contributed by atoms with Crippen LogP contribution in [0.3, 0.4) is 0 Å². The van der Waals surface area contributed by atoms with Crippen molar-refractivity contribution in [3.63, 3.8) is 0 Å². The van der Waals surface area contributed by atoms with Crippen molar-refractivity contribution in [1.82, 2.24) is 10.2 Å². The van der Waals surface area contributed by atoms with Crippen LogP contribution in [-0.2, 0) is 38.6 Å². The van der Waals surface area contributed by atoms with Crippen molar-refractivity contribution in [2.24, 2.45) is 0 Å². The monoisotopic (exact) mass is 473 g/mol. The number of nitrogens with zero attached hydrogens (tertiary/aromatic N) is 1. The van der Waals surface area contributed by atoms with Crippen LogP contribution in [0.4, 0.5) is 5.69 Å². The van der Waals surface area contributed by atoms with Crippen LogP contribution in [0.5, 0.6) is 0 Å². The molecule has 0 spiro atoms. The average Bonchev–Trinajstić information content (AvgIpc) is 3.58. The summed E-state index contributed by atoms with van der Waals surface area (Å²) in [4.78, 5) is 11.3. The Bertz CT molecular complexity index is 940. The molecular formula is C25H27FeN3O3-6. The Kier molecular flexibility index (Phi) is 10.5. The Balaban J connectivity index is 0.000000534. The first kappa shape index (κ1) is 25.1. The van der Waals surface area contributed by atoms with Gasteiger partial charge in [0.15, 0.2) is 0 Å². The third-order valence-corrected chi connectivity index (χ3v) is 4.93. The Hall–Kier alpha value is -3.12. The van der Waals surface area contributed by atoms with Gasteiger partial charge >= 0.3 is 0 Å². The number of rotatable bonds is 10. The van der Waals surface area contributed by atoms with Crippen molar-refractivity contribution < 1.29 is 31.7 Å². The van der Waals surface area contributed by atoms with Gasteiger partial charge < -0.3 is 45.5 Å². The van der Waals surface area contributed by atoms with Crippen molar-refractivity contribution in [2.75, 3.05) is 11.9 Å². The molecule has 1 aromatic heterocycles. The number of nitrogens with one attached hydrogen (secondary N) is 2. The zero-order valence-electron chi connectivity index (χ0n) is 17.6. The number of aliphatic hydroxyl groups is 1. The van der Waals surface area contributed by atoms with E-state index in [2.05, 4.69) is 15.5 Å². The number of aromatic nitrogens is 2. The van der Waals surface area contributed by atoms with Crippen molar-refractivity contribution in [3.8, 4) is 0 Å². The molecule has 4 aromatic rings. The minimum absolute atomic E-state index is 0. The van der Waals surface area contributed by atoms with Gasteiger partial charge in [-0.1, -0.05) is 18.2 Å². The Morgan fingerprint density at radius 3 is 2.31 bits per heavy atom. The van der Waals surface area contributed by atoms with Gasteiger partial charge in [-0.05, 0) is 18.2 Å². The number of benzene rings is 1. The molecule has 4 rings (SSSR count). The fourth-order valence-corrected chi connectivity index (χ4v) is 3.48. The van der Waals surface area contributed by atoms with E-state index in [0.717, 1.165) is 16.9 Å². The number of H-pyrrole nitrogens is 1. The summed E-state index contributed by atoms with van der Waals surface area (Å²) < 4.78 is 5.55. The maximum atomic E-state index is 11.3. The van der Waals surface area contributed by atoms with Crippen LogP contribution in [0.2, 0.25) is 0 Å². The SMILES string of the molecule is O=COC(Cc1ccn[nH]1)(CC(O)CNc1ccccc1)[c-]1cccc1.[Fe].[cH-]1[cH-][cH-][cH-][cH-]1. The molecule has 0 bridgehead atoms. The van der Waals surface area contributed by atoms with E-state index >= 15 is 0 Å². The molecule has 0 fully saturated rings. The second-order valence-corrected chi connectivity index (χ2v) is 7.21. The zero-order chi connectivity index (χ0) is 21.8. The van der Waals surface area contributed by atoms with Crippen LogP contribution >= 0.6 is 0 Å². The maximum Gasteiger partial charge on any atom is 0.292 e. The number of aromatic amines is 1. The van der Waals surface area contributed by atoms with Gasteiger partial charge in [-0.2, -0.15) is 17.2 Å². The molecule has 3 N–H and O–H groups in total. The van der Waals surface area contributed by atoms with E-state index in [1.807, 2.05) is 91.0 Å². The molecular weight excluding hydrogens is 446 g/mol. The number of aliphatic hydroxyl groups excluding tert-OH is 1. The quantitative estimate of drug-likeness (QED) is 0.184. The molecule has 0 saturated heterocycles. The number of carbonyl (C=O) groups is 1. The minimum atomic E-state index is -0.963. The summed E-state index contributed by atoms with van der Waals surface area (Å²) in [5.41, 5.74) is 1.64. The molecule has 2 atom stereocenters. The second-order valence-electron chi connectivity index (χ2n) is 7.21. The van der Waals surface area contributed by atoms with Gasteiger partial charge in [-0.15, -0.1) is 5.56 Å². The second kappa shape index (κ2) is 13.3. The van der Waals surface area contributed by atoms with Crippen LogP contribution < -0.4 is 5.32 Å². The van der Waals surface area contributed by atoms with Gasteiger partial charge in [0.1, 0.15) is 5.60 Å². The topological polar surface area (TPSA) is 87.2 Å². The summed E-state index contributed by atoms with van der Waals surface area (Å²) in [6.45, 7) is 0.790. The molecule has 7 heteroatoms. The summed E-state index contributed by atoms with van der Waals surface area (Å²) in [5.74, 6) is 0. The third-order valence-electron chi connectivity index (χ3n) is 4.93. The number of para-hydroxylation sites is 1. The van der Waals surface area contributed by atoms with Gasteiger partial charge in [0, 0.05) is 54.0 Å². The van der Waals surface area contributed by atoms with Crippen LogP contribution in [0.25, 0.3) is 0 Å². The summed E-state index contributed by atoms with van der Waals surface area (Å²) in [7, 11) is 0. The van der Waals surface area contributed by atoms with E-state index < -0.39 is 11.7 Å². The largest absolute Gasteiger partial charge is 0.748 e.